The second kappa shape index (κ2) is 13.2. The Hall–Kier alpha value is -7.68. The van der Waals surface area contributed by atoms with Crippen molar-refractivity contribution in [2.75, 3.05) is 4.90 Å². The summed E-state index contributed by atoms with van der Waals surface area (Å²) in [6.45, 7) is 0. The lowest BCUT2D eigenvalue weighted by Crippen LogP contribution is -2.25. The number of anilines is 3. The molecule has 2 nitrogen and oxygen atoms in total. The van der Waals surface area contributed by atoms with E-state index >= 15 is 0 Å². The predicted octanol–water partition coefficient (Wildman–Crippen LogP) is 15.2. The molecule has 0 fully saturated rings. The second-order valence-electron chi connectivity index (χ2n) is 15.6. The molecule has 276 valence electrons. The summed E-state index contributed by atoms with van der Waals surface area (Å²) in [5.74, 6) is 1.02. The fourth-order valence-electron chi connectivity index (χ4n) is 10.0. The van der Waals surface area contributed by atoms with Crippen molar-refractivity contribution in [1.82, 2.24) is 0 Å². The Morgan fingerprint density at radius 2 is 0.814 bits per heavy atom. The zero-order valence-electron chi connectivity index (χ0n) is 32.2. The first-order valence-electron chi connectivity index (χ1n) is 20.3. The molecule has 0 aliphatic heterocycles. The average molecular weight is 752 g/mol. The van der Waals surface area contributed by atoms with Crippen molar-refractivity contribution in [2.24, 2.45) is 0 Å². The van der Waals surface area contributed by atoms with Crippen LogP contribution in [0.5, 0.6) is 0 Å². The van der Waals surface area contributed by atoms with Gasteiger partial charge < -0.3 is 9.32 Å². The van der Waals surface area contributed by atoms with Gasteiger partial charge in [0.05, 0.1) is 5.69 Å². The molecule has 0 saturated carbocycles. The maximum atomic E-state index is 6.95. The third kappa shape index (κ3) is 4.93. The lowest BCUT2D eigenvalue weighted by Gasteiger charge is -2.28. The first-order valence-corrected chi connectivity index (χ1v) is 20.3. The van der Waals surface area contributed by atoms with Crippen LogP contribution in [0.4, 0.5) is 17.1 Å². The molecular weight excluding hydrogens is 715 g/mol. The van der Waals surface area contributed by atoms with Gasteiger partial charge in [-0.15, -0.1) is 0 Å². The Bertz CT molecular complexity index is 3200. The summed E-state index contributed by atoms with van der Waals surface area (Å²) >= 11 is 0. The number of nitrogens with zero attached hydrogens (tertiary/aromatic N) is 1. The van der Waals surface area contributed by atoms with Gasteiger partial charge in [0.25, 0.3) is 0 Å². The molecule has 2 aliphatic carbocycles. The smallest absolute Gasteiger partial charge is 0.135 e. The van der Waals surface area contributed by atoms with Gasteiger partial charge in [-0.2, -0.15) is 0 Å². The van der Waals surface area contributed by atoms with Crippen LogP contribution in [0.3, 0.4) is 0 Å². The molecule has 1 aromatic heterocycles. The summed E-state index contributed by atoms with van der Waals surface area (Å²) < 4.78 is 6.95. The van der Waals surface area contributed by atoms with E-state index in [2.05, 4.69) is 229 Å². The topological polar surface area (TPSA) is 16.4 Å². The Morgan fingerprint density at radius 1 is 0.322 bits per heavy atom. The van der Waals surface area contributed by atoms with Crippen LogP contribution in [0.2, 0.25) is 0 Å². The monoisotopic (exact) mass is 751 g/mol. The lowest BCUT2D eigenvalue weighted by molar-refractivity contribution is 0.507. The Labute approximate surface area is 343 Å². The molecule has 0 radical (unpaired) electrons. The normalized spacial score (nSPS) is 14.5. The Balaban J connectivity index is 0.941. The van der Waals surface area contributed by atoms with Crippen molar-refractivity contribution in [3.8, 4) is 55.6 Å². The summed E-state index contributed by atoms with van der Waals surface area (Å²) in [6.07, 6.45) is 0. The zero-order valence-corrected chi connectivity index (χ0v) is 32.2. The number of fused-ring (bicyclic) bond motifs is 12. The van der Waals surface area contributed by atoms with Crippen LogP contribution >= 0.6 is 0 Å². The molecular formula is C57H37NO. The van der Waals surface area contributed by atoms with Gasteiger partial charge in [0.1, 0.15) is 16.8 Å². The van der Waals surface area contributed by atoms with E-state index in [1.165, 1.54) is 77.7 Å². The lowest BCUT2D eigenvalue weighted by atomic mass is 9.73. The van der Waals surface area contributed by atoms with Crippen molar-refractivity contribution in [2.45, 2.75) is 5.41 Å². The molecule has 0 saturated heterocycles. The summed E-state index contributed by atoms with van der Waals surface area (Å²) in [5.41, 5.74) is 19.8. The third-order valence-corrected chi connectivity index (χ3v) is 12.5. The highest BCUT2D eigenvalue weighted by molar-refractivity contribution is 6.06. The standard InChI is InChI=1S/C57H37NO/c1-3-16-40(17-4-1)44-20-9-13-28-52(44)58(42-18-5-2-6-19-42)43-36-34-39(35-37-43)38-30-32-41(33-31-38)45-24-15-27-51-54(45)46-21-7-11-25-49(46)57(51)50-26-12-8-22-47(50)55-48-23-10-14-29-53(48)59-56(55)57/h1-37H. The van der Waals surface area contributed by atoms with E-state index in [1.807, 2.05) is 0 Å². The number of hydrogen-bond acceptors (Lipinski definition) is 2. The van der Waals surface area contributed by atoms with Gasteiger partial charge in [-0.05, 0) is 97.6 Å². The molecule has 2 aliphatic rings. The van der Waals surface area contributed by atoms with E-state index in [9.17, 15) is 0 Å². The highest BCUT2D eigenvalue weighted by Crippen LogP contribution is 2.65. The Morgan fingerprint density at radius 3 is 1.54 bits per heavy atom. The first kappa shape index (κ1) is 33.5. The third-order valence-electron chi connectivity index (χ3n) is 12.5. The van der Waals surface area contributed by atoms with Gasteiger partial charge in [-0.25, -0.2) is 0 Å². The van der Waals surface area contributed by atoms with Gasteiger partial charge in [0.15, 0.2) is 0 Å². The van der Waals surface area contributed by atoms with Crippen molar-refractivity contribution in [3.05, 3.63) is 247 Å². The van der Waals surface area contributed by atoms with Crippen LogP contribution in [0.15, 0.2) is 229 Å². The summed E-state index contributed by atoms with van der Waals surface area (Å²) in [4.78, 5) is 2.35. The van der Waals surface area contributed by atoms with Gasteiger partial charge >= 0.3 is 0 Å². The largest absolute Gasteiger partial charge is 0.459 e. The fourth-order valence-corrected chi connectivity index (χ4v) is 10.0. The minimum atomic E-state index is -0.538. The van der Waals surface area contributed by atoms with Crippen molar-refractivity contribution in [3.63, 3.8) is 0 Å². The van der Waals surface area contributed by atoms with Crippen LogP contribution in [0, 0.1) is 0 Å². The molecule has 0 N–H and O–H groups in total. The van der Waals surface area contributed by atoms with Gasteiger partial charge in [-0.3, -0.25) is 0 Å². The number of furan rings is 1. The van der Waals surface area contributed by atoms with Crippen LogP contribution in [-0.2, 0) is 5.41 Å². The molecule has 1 spiro atoms. The quantitative estimate of drug-likeness (QED) is 0.168. The molecule has 1 heterocycles. The Kier molecular flexibility index (Phi) is 7.48. The maximum Gasteiger partial charge on any atom is 0.135 e. The fraction of sp³-hybridized carbons (Fsp3) is 0.0175. The minimum Gasteiger partial charge on any atom is -0.459 e. The van der Waals surface area contributed by atoms with Crippen LogP contribution in [-0.4, -0.2) is 0 Å². The molecule has 2 heteroatoms. The second-order valence-corrected chi connectivity index (χ2v) is 15.6. The molecule has 59 heavy (non-hydrogen) atoms. The van der Waals surface area contributed by atoms with Crippen LogP contribution in [0.25, 0.3) is 66.6 Å². The predicted molar refractivity (Wildman–Crippen MR) is 244 cm³/mol. The van der Waals surface area contributed by atoms with Crippen molar-refractivity contribution >= 4 is 28.0 Å². The summed E-state index contributed by atoms with van der Waals surface area (Å²) in [7, 11) is 0. The zero-order chi connectivity index (χ0) is 38.9. The maximum absolute atomic E-state index is 6.95. The highest BCUT2D eigenvalue weighted by Gasteiger charge is 2.55. The average Bonchev–Trinajstić information content (AvgIpc) is 3.94. The van der Waals surface area contributed by atoms with E-state index < -0.39 is 5.41 Å². The summed E-state index contributed by atoms with van der Waals surface area (Å²) in [6, 6.07) is 81.2. The SMILES string of the molecule is c1ccc(-c2ccccc2N(c2ccccc2)c2ccc(-c3ccc(-c4cccc5c4-c4ccccc4C54c5ccccc5-c5c4oc4ccccc54)cc3)cc2)cc1. The molecule has 9 aromatic carbocycles. The molecule has 1 atom stereocenters. The van der Waals surface area contributed by atoms with E-state index in [-0.39, 0.29) is 0 Å². The number of benzene rings is 9. The highest BCUT2D eigenvalue weighted by atomic mass is 16.3. The molecule has 10 aromatic rings. The minimum absolute atomic E-state index is 0.538. The first-order chi connectivity index (χ1) is 29.3. The van der Waals surface area contributed by atoms with Crippen molar-refractivity contribution in [1.29, 1.82) is 0 Å². The van der Waals surface area contributed by atoms with Gasteiger partial charge in [-0.1, -0.05) is 188 Å². The van der Waals surface area contributed by atoms with E-state index in [4.69, 9.17) is 4.42 Å². The summed E-state index contributed by atoms with van der Waals surface area (Å²) in [5, 5.41) is 1.17. The molecule has 12 rings (SSSR count). The molecule has 0 bridgehead atoms. The van der Waals surface area contributed by atoms with Crippen LogP contribution in [0.1, 0.15) is 22.5 Å². The van der Waals surface area contributed by atoms with Gasteiger partial charge in [0.2, 0.25) is 0 Å². The van der Waals surface area contributed by atoms with E-state index in [0.29, 0.717) is 0 Å². The van der Waals surface area contributed by atoms with E-state index in [1.54, 1.807) is 0 Å². The van der Waals surface area contributed by atoms with E-state index in [0.717, 1.165) is 28.4 Å². The van der Waals surface area contributed by atoms with Gasteiger partial charge in [0, 0.05) is 27.9 Å². The van der Waals surface area contributed by atoms with Crippen LogP contribution < -0.4 is 4.90 Å². The molecule has 0 amide bonds. The number of para-hydroxylation sites is 3. The van der Waals surface area contributed by atoms with Crippen molar-refractivity contribution < 1.29 is 4.42 Å². The molecule has 1 unspecified atom stereocenters. The number of hydrogen-bond donors (Lipinski definition) is 0. The number of rotatable bonds is 6.